The largest absolute Gasteiger partial charge is 0.494 e. The molecule has 2 rings (SSSR count). The topological polar surface area (TPSA) is 46.5 Å². The zero-order chi connectivity index (χ0) is 16.3. The van der Waals surface area contributed by atoms with Gasteiger partial charge >= 0.3 is 5.97 Å². The highest BCUT2D eigenvalue weighted by Crippen LogP contribution is 2.31. The minimum atomic E-state index is -1.33. The molecule has 0 aliphatic rings. The van der Waals surface area contributed by atoms with Gasteiger partial charge in [0.1, 0.15) is 11.6 Å². The van der Waals surface area contributed by atoms with Gasteiger partial charge in [0.2, 0.25) is 0 Å². The average molecular weight is 310 g/mol. The van der Waals surface area contributed by atoms with Crippen molar-refractivity contribution in [2.24, 2.45) is 0 Å². The fourth-order valence-corrected chi connectivity index (χ4v) is 1.97. The number of carboxylic acids is 1. The predicted octanol–water partition coefficient (Wildman–Crippen LogP) is 4.26. The number of carboxylic acid groups (broad SMARTS) is 1. The first-order valence-electron chi connectivity index (χ1n) is 6.59. The molecule has 0 amide bonds. The molecule has 0 radical (unpaired) electrons. The third-order valence-corrected chi connectivity index (χ3v) is 2.99. The maximum absolute atomic E-state index is 13.8. The number of aromatic carboxylic acids is 1. The van der Waals surface area contributed by atoms with Crippen LogP contribution in [0.1, 0.15) is 23.7 Å². The van der Waals surface area contributed by atoms with Gasteiger partial charge in [0.05, 0.1) is 12.2 Å². The quantitative estimate of drug-likeness (QED) is 0.839. The molecular formula is C16H13F3O3. The summed E-state index contributed by atoms with van der Waals surface area (Å²) in [7, 11) is 0. The molecule has 1 N–H and O–H groups in total. The van der Waals surface area contributed by atoms with Crippen LogP contribution in [0.2, 0.25) is 0 Å². The van der Waals surface area contributed by atoms with Crippen molar-refractivity contribution in [3.8, 4) is 16.9 Å². The SMILES string of the molecule is CCCOc1ccc(-c2cc(F)c(F)cc2F)c(C(=O)O)c1. The first-order valence-corrected chi connectivity index (χ1v) is 6.59. The van der Waals surface area contributed by atoms with E-state index >= 15 is 0 Å². The Kier molecular flexibility index (Phi) is 4.70. The van der Waals surface area contributed by atoms with E-state index in [1.165, 1.54) is 18.2 Å². The summed E-state index contributed by atoms with van der Waals surface area (Å²) in [5.41, 5.74) is -0.621. The fraction of sp³-hybridized carbons (Fsp3) is 0.188. The molecule has 116 valence electrons. The molecule has 3 nitrogen and oxygen atoms in total. The zero-order valence-electron chi connectivity index (χ0n) is 11.7. The van der Waals surface area contributed by atoms with Crippen LogP contribution in [0.4, 0.5) is 13.2 Å². The second kappa shape index (κ2) is 6.51. The Balaban J connectivity index is 2.55. The molecule has 6 heteroatoms. The monoisotopic (exact) mass is 310 g/mol. The lowest BCUT2D eigenvalue weighted by atomic mass is 9.98. The molecule has 22 heavy (non-hydrogen) atoms. The summed E-state index contributed by atoms with van der Waals surface area (Å²) in [6.07, 6.45) is 0.738. The average Bonchev–Trinajstić information content (AvgIpc) is 2.48. The van der Waals surface area contributed by atoms with E-state index < -0.39 is 23.4 Å². The van der Waals surface area contributed by atoms with Gasteiger partial charge in [0, 0.05) is 11.6 Å². The third kappa shape index (κ3) is 3.21. The Morgan fingerprint density at radius 2 is 1.73 bits per heavy atom. The van der Waals surface area contributed by atoms with Crippen LogP contribution < -0.4 is 4.74 Å². The summed E-state index contributed by atoms with van der Waals surface area (Å²) in [5.74, 6) is -4.63. The van der Waals surface area contributed by atoms with Crippen molar-refractivity contribution in [3.05, 3.63) is 53.3 Å². The summed E-state index contributed by atoms with van der Waals surface area (Å²) in [6.45, 7) is 2.29. The molecule has 0 fully saturated rings. The number of hydrogen-bond acceptors (Lipinski definition) is 2. The second-order valence-corrected chi connectivity index (χ2v) is 4.61. The highest BCUT2D eigenvalue weighted by molar-refractivity contribution is 5.96. The van der Waals surface area contributed by atoms with E-state index in [0.29, 0.717) is 24.5 Å². The summed E-state index contributed by atoms with van der Waals surface area (Å²) in [6, 6.07) is 5.02. The molecule has 2 aromatic carbocycles. The van der Waals surface area contributed by atoms with Crippen molar-refractivity contribution in [1.82, 2.24) is 0 Å². The van der Waals surface area contributed by atoms with E-state index in [0.717, 1.165) is 6.42 Å². The van der Waals surface area contributed by atoms with Crippen LogP contribution >= 0.6 is 0 Å². The molecule has 0 unspecified atom stereocenters. The fourth-order valence-electron chi connectivity index (χ4n) is 1.97. The number of hydrogen-bond donors (Lipinski definition) is 1. The Hall–Kier alpha value is -2.50. The molecule has 0 spiro atoms. The van der Waals surface area contributed by atoms with Crippen molar-refractivity contribution in [2.45, 2.75) is 13.3 Å². The molecule has 0 bridgehead atoms. The molecule has 0 aromatic heterocycles. The summed E-state index contributed by atoms with van der Waals surface area (Å²) in [5, 5.41) is 9.25. The highest BCUT2D eigenvalue weighted by atomic mass is 19.2. The minimum absolute atomic E-state index is 0.0484. The number of halogens is 3. The minimum Gasteiger partial charge on any atom is -0.494 e. The van der Waals surface area contributed by atoms with E-state index in [1.807, 2.05) is 6.92 Å². The van der Waals surface area contributed by atoms with Crippen molar-refractivity contribution >= 4 is 5.97 Å². The molecule has 2 aromatic rings. The van der Waals surface area contributed by atoms with Crippen LogP contribution in [0.5, 0.6) is 5.75 Å². The lowest BCUT2D eigenvalue weighted by Gasteiger charge is -2.11. The molecule has 0 saturated heterocycles. The van der Waals surface area contributed by atoms with Crippen LogP contribution in [0, 0.1) is 17.5 Å². The molecule has 0 atom stereocenters. The van der Waals surface area contributed by atoms with Crippen LogP contribution in [0.3, 0.4) is 0 Å². The highest BCUT2D eigenvalue weighted by Gasteiger charge is 2.18. The van der Waals surface area contributed by atoms with E-state index in [-0.39, 0.29) is 16.7 Å². The maximum atomic E-state index is 13.8. The molecular weight excluding hydrogens is 297 g/mol. The maximum Gasteiger partial charge on any atom is 0.336 e. The Labute approximate surface area is 125 Å². The van der Waals surface area contributed by atoms with Crippen molar-refractivity contribution in [1.29, 1.82) is 0 Å². The smallest absolute Gasteiger partial charge is 0.336 e. The number of ether oxygens (including phenoxy) is 1. The van der Waals surface area contributed by atoms with Crippen LogP contribution in [-0.2, 0) is 0 Å². The van der Waals surface area contributed by atoms with Gasteiger partial charge in [0.25, 0.3) is 0 Å². The number of carbonyl (C=O) groups is 1. The van der Waals surface area contributed by atoms with Gasteiger partial charge in [0.15, 0.2) is 11.6 Å². The molecule has 0 aliphatic heterocycles. The van der Waals surface area contributed by atoms with E-state index in [9.17, 15) is 23.1 Å². The van der Waals surface area contributed by atoms with E-state index in [2.05, 4.69) is 0 Å². The van der Waals surface area contributed by atoms with E-state index in [4.69, 9.17) is 4.74 Å². The van der Waals surface area contributed by atoms with Crippen molar-refractivity contribution in [2.75, 3.05) is 6.61 Å². The van der Waals surface area contributed by atoms with Crippen molar-refractivity contribution in [3.63, 3.8) is 0 Å². The number of rotatable bonds is 5. The summed E-state index contributed by atoms with van der Waals surface area (Å²) < 4.78 is 45.4. The lowest BCUT2D eigenvalue weighted by Crippen LogP contribution is -2.03. The van der Waals surface area contributed by atoms with Gasteiger partial charge in [-0.2, -0.15) is 0 Å². The molecule has 0 saturated carbocycles. The lowest BCUT2D eigenvalue weighted by molar-refractivity contribution is 0.0697. The Morgan fingerprint density at radius 1 is 1.05 bits per heavy atom. The van der Waals surface area contributed by atoms with Crippen molar-refractivity contribution < 1.29 is 27.8 Å². The van der Waals surface area contributed by atoms with Gasteiger partial charge in [-0.25, -0.2) is 18.0 Å². The Morgan fingerprint density at radius 3 is 2.36 bits per heavy atom. The van der Waals surface area contributed by atoms with Crippen LogP contribution in [0.25, 0.3) is 11.1 Å². The predicted molar refractivity (Wildman–Crippen MR) is 74.5 cm³/mol. The van der Waals surface area contributed by atoms with Gasteiger partial charge in [-0.05, 0) is 36.2 Å². The normalized spacial score (nSPS) is 10.5. The van der Waals surface area contributed by atoms with E-state index in [1.54, 1.807) is 0 Å². The van der Waals surface area contributed by atoms with Crippen LogP contribution in [-0.4, -0.2) is 17.7 Å². The van der Waals surface area contributed by atoms with Gasteiger partial charge in [-0.1, -0.05) is 6.92 Å². The zero-order valence-corrected chi connectivity index (χ0v) is 11.7. The third-order valence-electron chi connectivity index (χ3n) is 2.99. The number of benzene rings is 2. The van der Waals surface area contributed by atoms with Gasteiger partial charge in [-0.3, -0.25) is 0 Å². The standard InChI is InChI=1S/C16H13F3O3/c1-2-5-22-9-3-4-10(12(6-9)16(20)21)11-7-14(18)15(19)8-13(11)17/h3-4,6-8H,2,5H2,1H3,(H,20,21). The summed E-state index contributed by atoms with van der Waals surface area (Å²) in [4.78, 5) is 11.3. The second-order valence-electron chi connectivity index (χ2n) is 4.61. The first kappa shape index (κ1) is 15.9. The first-order chi connectivity index (χ1) is 10.4. The molecule has 0 heterocycles. The van der Waals surface area contributed by atoms with Gasteiger partial charge < -0.3 is 9.84 Å². The van der Waals surface area contributed by atoms with Crippen LogP contribution in [0.15, 0.2) is 30.3 Å². The Bertz CT molecular complexity index is 714. The summed E-state index contributed by atoms with van der Waals surface area (Å²) >= 11 is 0. The van der Waals surface area contributed by atoms with Gasteiger partial charge in [-0.15, -0.1) is 0 Å². The molecule has 0 aliphatic carbocycles.